The average Bonchev–Trinajstić information content (AvgIpc) is 2.83. The van der Waals surface area contributed by atoms with Gasteiger partial charge in [-0.2, -0.15) is 18.3 Å². The third-order valence-corrected chi connectivity index (χ3v) is 4.33. The van der Waals surface area contributed by atoms with Crippen molar-refractivity contribution >= 4 is 15.9 Å². The van der Waals surface area contributed by atoms with E-state index < -0.39 is 17.3 Å². The molecule has 0 radical (unpaired) electrons. The van der Waals surface area contributed by atoms with Crippen LogP contribution < -0.4 is 5.73 Å². The summed E-state index contributed by atoms with van der Waals surface area (Å²) in [4.78, 5) is 0. The maximum Gasteiger partial charge on any atom is 0.435 e. The number of rotatable bonds is 1. The van der Waals surface area contributed by atoms with E-state index in [0.29, 0.717) is 11.4 Å². The summed E-state index contributed by atoms with van der Waals surface area (Å²) in [6.07, 6.45) is -2.68. The number of allylic oxidation sites excluding steroid dienone is 2. The first-order chi connectivity index (χ1) is 10.2. The minimum Gasteiger partial charge on any atom is -0.401 e. The maximum absolute atomic E-state index is 13.0. The number of hydrogen-bond acceptors (Lipinski definition) is 2. The molecule has 2 aromatic rings. The molecule has 1 aliphatic heterocycles. The normalized spacial score (nSPS) is 21.4. The lowest BCUT2D eigenvalue weighted by Crippen LogP contribution is -2.32. The van der Waals surface area contributed by atoms with Gasteiger partial charge in [-0.1, -0.05) is 28.1 Å². The van der Waals surface area contributed by atoms with Crippen molar-refractivity contribution in [1.82, 2.24) is 9.78 Å². The van der Waals surface area contributed by atoms with Gasteiger partial charge in [0, 0.05) is 10.2 Å². The lowest BCUT2D eigenvalue weighted by Gasteiger charge is -2.32. The molecule has 1 aromatic heterocycles. The number of benzene rings is 1. The third-order valence-electron chi connectivity index (χ3n) is 3.83. The highest BCUT2D eigenvalue weighted by atomic mass is 79.9. The number of nitrogens with two attached hydrogens (primary N) is 1. The van der Waals surface area contributed by atoms with Gasteiger partial charge < -0.3 is 5.73 Å². The van der Waals surface area contributed by atoms with Crippen LogP contribution in [0.1, 0.15) is 23.9 Å². The first kappa shape index (κ1) is 15.1. The average molecular weight is 372 g/mol. The Morgan fingerprint density at radius 3 is 2.68 bits per heavy atom. The zero-order valence-electron chi connectivity index (χ0n) is 11.7. The second-order valence-corrected chi connectivity index (χ2v) is 6.42. The van der Waals surface area contributed by atoms with Crippen molar-refractivity contribution in [3.8, 4) is 0 Å². The Balaban J connectivity index is 2.20. The summed E-state index contributed by atoms with van der Waals surface area (Å²) >= 11 is 3.39. The Bertz CT molecular complexity index is 764. The topological polar surface area (TPSA) is 43.8 Å². The van der Waals surface area contributed by atoms with Gasteiger partial charge in [0.05, 0.1) is 17.7 Å². The Hall–Kier alpha value is -1.76. The second kappa shape index (κ2) is 4.87. The van der Waals surface area contributed by atoms with E-state index in [1.54, 1.807) is 6.08 Å². The van der Waals surface area contributed by atoms with Gasteiger partial charge in [-0.3, -0.25) is 4.68 Å². The van der Waals surface area contributed by atoms with Gasteiger partial charge in [0.2, 0.25) is 0 Å². The number of nitrogens with zero attached hydrogens (tertiary/aromatic N) is 2. The molecule has 0 bridgehead atoms. The molecule has 0 spiro atoms. The zero-order valence-corrected chi connectivity index (χ0v) is 13.2. The van der Waals surface area contributed by atoms with Gasteiger partial charge in [0.15, 0.2) is 5.69 Å². The Labute approximate surface area is 133 Å². The molecule has 1 unspecified atom stereocenters. The molecule has 0 saturated carbocycles. The van der Waals surface area contributed by atoms with E-state index in [1.807, 2.05) is 31.2 Å². The van der Waals surface area contributed by atoms with Crippen molar-refractivity contribution in [2.75, 3.05) is 0 Å². The minimum atomic E-state index is -4.47. The summed E-state index contributed by atoms with van der Waals surface area (Å²) in [7, 11) is 0. The highest BCUT2D eigenvalue weighted by Crippen LogP contribution is 2.40. The van der Waals surface area contributed by atoms with Crippen molar-refractivity contribution in [3.05, 3.63) is 63.5 Å². The fourth-order valence-corrected chi connectivity index (χ4v) is 3.20. The summed E-state index contributed by atoms with van der Waals surface area (Å²) in [5.41, 5.74) is 6.09. The van der Waals surface area contributed by atoms with E-state index in [-0.39, 0.29) is 6.54 Å². The van der Waals surface area contributed by atoms with Crippen molar-refractivity contribution < 1.29 is 13.2 Å². The number of halogens is 4. The third kappa shape index (κ3) is 2.43. The van der Waals surface area contributed by atoms with E-state index in [1.165, 1.54) is 4.68 Å². The smallest absolute Gasteiger partial charge is 0.401 e. The van der Waals surface area contributed by atoms with Gasteiger partial charge in [-0.15, -0.1) is 0 Å². The van der Waals surface area contributed by atoms with Gasteiger partial charge in [-0.25, -0.2) is 0 Å². The quantitative estimate of drug-likeness (QED) is 0.827. The van der Waals surface area contributed by atoms with Gasteiger partial charge in [0.25, 0.3) is 0 Å². The molecular weight excluding hydrogens is 359 g/mol. The fraction of sp³-hybridized carbons (Fsp3) is 0.267. The summed E-state index contributed by atoms with van der Waals surface area (Å²) < 4.78 is 41.1. The maximum atomic E-state index is 13.0. The molecule has 2 heterocycles. The van der Waals surface area contributed by atoms with Gasteiger partial charge in [-0.05, 0) is 36.8 Å². The highest BCUT2D eigenvalue weighted by Gasteiger charge is 2.40. The van der Waals surface area contributed by atoms with Crippen LogP contribution in [-0.4, -0.2) is 9.78 Å². The molecule has 7 heteroatoms. The van der Waals surface area contributed by atoms with Gasteiger partial charge in [0.1, 0.15) is 0 Å². The monoisotopic (exact) mass is 371 g/mol. The van der Waals surface area contributed by atoms with E-state index in [2.05, 4.69) is 21.0 Å². The lowest BCUT2D eigenvalue weighted by atomic mass is 9.77. The first-order valence-electron chi connectivity index (χ1n) is 6.59. The van der Waals surface area contributed by atoms with Crippen LogP contribution >= 0.6 is 15.9 Å². The zero-order chi connectivity index (χ0) is 16.1. The lowest BCUT2D eigenvalue weighted by molar-refractivity contribution is -0.141. The molecule has 0 amide bonds. The molecule has 0 aliphatic carbocycles. The Morgan fingerprint density at radius 1 is 1.32 bits per heavy atom. The molecular formula is C15H13BrF3N3. The summed E-state index contributed by atoms with van der Waals surface area (Å²) in [5.74, 6) is 0. The summed E-state index contributed by atoms with van der Waals surface area (Å²) in [6.45, 7) is 2.00. The van der Waals surface area contributed by atoms with Crippen LogP contribution in [-0.2, 0) is 18.1 Å². The number of aromatic nitrogens is 2. The van der Waals surface area contributed by atoms with Crippen LogP contribution in [0.15, 0.2) is 46.6 Å². The Morgan fingerprint density at radius 2 is 2.05 bits per heavy atom. The first-order valence-corrected chi connectivity index (χ1v) is 7.38. The number of hydrogen-bond donors (Lipinski definition) is 1. The molecule has 3 rings (SSSR count). The van der Waals surface area contributed by atoms with Crippen LogP contribution in [0.5, 0.6) is 0 Å². The number of fused-ring (bicyclic) bond motifs is 1. The standard InChI is InChI=1S/C15H13BrF3N3/c1-14(9-3-2-4-10(16)5-9)7-11(20)8-22-13(14)6-12(21-22)15(17,18)19/h2-7H,8,20H2,1H3. The van der Waals surface area contributed by atoms with Crippen LogP contribution in [0.3, 0.4) is 0 Å². The largest absolute Gasteiger partial charge is 0.435 e. The van der Waals surface area contributed by atoms with Gasteiger partial charge >= 0.3 is 6.18 Å². The SMILES string of the molecule is CC1(c2cccc(Br)c2)C=C(N)Cn2nc(C(F)(F)F)cc21. The second-order valence-electron chi connectivity index (χ2n) is 5.50. The molecule has 1 aromatic carbocycles. The van der Waals surface area contributed by atoms with E-state index in [4.69, 9.17) is 5.73 Å². The fourth-order valence-electron chi connectivity index (χ4n) is 2.80. The predicted molar refractivity (Wildman–Crippen MR) is 80.1 cm³/mol. The molecule has 1 aliphatic rings. The molecule has 116 valence electrons. The van der Waals surface area contributed by atoms with Crippen LogP contribution in [0.25, 0.3) is 0 Å². The molecule has 0 fully saturated rings. The molecule has 2 N–H and O–H groups in total. The Kier molecular flexibility index (Phi) is 3.36. The molecule has 0 saturated heterocycles. The van der Waals surface area contributed by atoms with Crippen molar-refractivity contribution in [2.45, 2.75) is 25.1 Å². The van der Waals surface area contributed by atoms with Crippen molar-refractivity contribution in [3.63, 3.8) is 0 Å². The van der Waals surface area contributed by atoms with Crippen LogP contribution in [0.2, 0.25) is 0 Å². The minimum absolute atomic E-state index is 0.162. The summed E-state index contributed by atoms with van der Waals surface area (Å²) in [6, 6.07) is 8.55. The molecule has 3 nitrogen and oxygen atoms in total. The molecule has 1 atom stereocenters. The number of alkyl halides is 3. The van der Waals surface area contributed by atoms with E-state index >= 15 is 0 Å². The van der Waals surface area contributed by atoms with Crippen LogP contribution in [0, 0.1) is 0 Å². The van der Waals surface area contributed by atoms with E-state index in [9.17, 15) is 13.2 Å². The molecule has 22 heavy (non-hydrogen) atoms. The van der Waals surface area contributed by atoms with Crippen molar-refractivity contribution in [1.29, 1.82) is 0 Å². The predicted octanol–water partition coefficient (Wildman–Crippen LogP) is 3.83. The van der Waals surface area contributed by atoms with E-state index in [0.717, 1.165) is 16.1 Å². The van der Waals surface area contributed by atoms with Crippen molar-refractivity contribution in [2.24, 2.45) is 5.73 Å². The summed E-state index contributed by atoms with van der Waals surface area (Å²) in [5, 5.41) is 3.67. The van der Waals surface area contributed by atoms with Crippen LogP contribution in [0.4, 0.5) is 13.2 Å². The highest BCUT2D eigenvalue weighted by molar-refractivity contribution is 9.10.